The summed E-state index contributed by atoms with van der Waals surface area (Å²) in [5, 5.41) is 3.47. The molecule has 6 nitrogen and oxygen atoms in total. The third-order valence-corrected chi connectivity index (χ3v) is 7.07. The van der Waals surface area contributed by atoms with Gasteiger partial charge in [0.05, 0.1) is 17.1 Å². The number of benzene rings is 3. The summed E-state index contributed by atoms with van der Waals surface area (Å²) in [5.41, 5.74) is 2.41. The fourth-order valence-corrected chi connectivity index (χ4v) is 4.90. The van der Waals surface area contributed by atoms with E-state index in [2.05, 4.69) is 5.32 Å². The second-order valence-corrected chi connectivity index (χ2v) is 10.1. The second kappa shape index (κ2) is 10.9. The quantitative estimate of drug-likeness (QED) is 0.414. The van der Waals surface area contributed by atoms with Crippen LogP contribution in [0.1, 0.15) is 11.1 Å². The second-order valence-electron chi connectivity index (χ2n) is 7.41. The van der Waals surface area contributed by atoms with Gasteiger partial charge in [0, 0.05) is 10.0 Å². The average Bonchev–Trinajstić information content (AvgIpc) is 2.76. The Balaban J connectivity index is 1.70. The molecule has 0 aliphatic heterocycles. The van der Waals surface area contributed by atoms with Crippen LogP contribution < -0.4 is 14.4 Å². The minimum atomic E-state index is -4.04. The van der Waals surface area contributed by atoms with E-state index >= 15 is 0 Å². The number of carbonyl (C=O) groups excluding carboxylic acids is 1. The van der Waals surface area contributed by atoms with Crippen molar-refractivity contribution in [3.05, 3.63) is 87.9 Å². The van der Waals surface area contributed by atoms with Crippen LogP contribution in [0.2, 0.25) is 10.0 Å². The van der Waals surface area contributed by atoms with E-state index in [-0.39, 0.29) is 23.7 Å². The normalized spacial score (nSPS) is 11.2. The maximum atomic E-state index is 13.3. The summed E-state index contributed by atoms with van der Waals surface area (Å²) >= 11 is 12.0. The van der Waals surface area contributed by atoms with Gasteiger partial charge in [-0.2, -0.15) is 0 Å². The highest BCUT2D eigenvalue weighted by Crippen LogP contribution is 2.26. The van der Waals surface area contributed by atoms with Crippen molar-refractivity contribution >= 4 is 44.8 Å². The van der Waals surface area contributed by atoms with Gasteiger partial charge in [-0.15, -0.1) is 0 Å². The Morgan fingerprint density at radius 3 is 2.36 bits per heavy atom. The molecule has 0 radical (unpaired) electrons. The van der Waals surface area contributed by atoms with Gasteiger partial charge in [-0.05, 0) is 67.9 Å². The Labute approximate surface area is 204 Å². The highest BCUT2D eigenvalue weighted by Gasteiger charge is 2.27. The van der Waals surface area contributed by atoms with Crippen molar-refractivity contribution in [2.75, 3.05) is 24.0 Å². The number of amides is 1. The Hall–Kier alpha value is -2.74. The van der Waals surface area contributed by atoms with Gasteiger partial charge in [-0.1, -0.05) is 47.0 Å². The van der Waals surface area contributed by atoms with Crippen molar-refractivity contribution in [3.8, 4) is 5.75 Å². The topological polar surface area (TPSA) is 75.7 Å². The molecular weight excluding hydrogens is 483 g/mol. The van der Waals surface area contributed by atoms with E-state index in [1.54, 1.807) is 18.2 Å². The van der Waals surface area contributed by atoms with Gasteiger partial charge in [-0.3, -0.25) is 9.10 Å². The van der Waals surface area contributed by atoms with E-state index in [0.29, 0.717) is 10.0 Å². The number of hydrogen-bond donors (Lipinski definition) is 1. The number of anilines is 1. The Morgan fingerprint density at radius 1 is 0.970 bits per heavy atom. The minimum Gasteiger partial charge on any atom is -0.491 e. The zero-order valence-electron chi connectivity index (χ0n) is 18.2. The first-order valence-electron chi connectivity index (χ1n) is 10.2. The van der Waals surface area contributed by atoms with Gasteiger partial charge in [0.15, 0.2) is 0 Å². The average molecular weight is 507 g/mol. The molecule has 0 atom stereocenters. The molecule has 0 aromatic heterocycles. The summed E-state index contributed by atoms with van der Waals surface area (Å²) in [5.74, 6) is 0.262. The van der Waals surface area contributed by atoms with Crippen LogP contribution in [0.3, 0.4) is 0 Å². The van der Waals surface area contributed by atoms with Crippen molar-refractivity contribution in [1.82, 2.24) is 5.32 Å². The first kappa shape index (κ1) is 24.9. The third-order valence-electron chi connectivity index (χ3n) is 4.80. The highest BCUT2D eigenvalue weighted by molar-refractivity contribution is 7.92. The van der Waals surface area contributed by atoms with E-state index in [9.17, 15) is 13.2 Å². The van der Waals surface area contributed by atoms with Crippen LogP contribution in [0.25, 0.3) is 0 Å². The standard InChI is InChI=1S/C24H24Cl2N2O4S/c1-17-6-11-23(18(2)14-17)32-13-12-27-24(29)16-28(21-5-3-4-20(26)15-21)33(30,31)22-9-7-19(25)8-10-22/h3-11,14-15H,12-13,16H2,1-2H3,(H,27,29). The van der Waals surface area contributed by atoms with Crippen molar-refractivity contribution in [3.63, 3.8) is 0 Å². The maximum Gasteiger partial charge on any atom is 0.264 e. The lowest BCUT2D eigenvalue weighted by molar-refractivity contribution is -0.119. The molecule has 3 aromatic rings. The predicted octanol–water partition coefficient (Wildman–Crippen LogP) is 5.00. The van der Waals surface area contributed by atoms with E-state index in [0.717, 1.165) is 21.2 Å². The van der Waals surface area contributed by atoms with Gasteiger partial charge in [-0.25, -0.2) is 8.42 Å². The first-order valence-corrected chi connectivity index (χ1v) is 12.4. The van der Waals surface area contributed by atoms with Crippen LogP contribution in [0.4, 0.5) is 5.69 Å². The number of halogens is 2. The maximum absolute atomic E-state index is 13.3. The number of nitrogens with one attached hydrogen (secondary N) is 1. The fraction of sp³-hybridized carbons (Fsp3) is 0.208. The number of aryl methyl sites for hydroxylation is 2. The molecule has 3 aromatic carbocycles. The van der Waals surface area contributed by atoms with Crippen LogP contribution in [-0.4, -0.2) is 34.0 Å². The molecule has 1 amide bonds. The third kappa shape index (κ3) is 6.63. The Bertz CT molecular complexity index is 1230. The molecule has 3 rings (SSSR count). The molecule has 0 spiro atoms. The molecular formula is C24H24Cl2N2O4S. The SMILES string of the molecule is Cc1ccc(OCCNC(=O)CN(c2cccc(Cl)c2)S(=O)(=O)c2ccc(Cl)cc2)c(C)c1. The summed E-state index contributed by atoms with van der Waals surface area (Å²) in [6, 6.07) is 17.9. The number of carbonyl (C=O) groups is 1. The lowest BCUT2D eigenvalue weighted by Crippen LogP contribution is -2.41. The number of sulfonamides is 1. The molecule has 0 aliphatic rings. The van der Waals surface area contributed by atoms with Crippen molar-refractivity contribution < 1.29 is 17.9 Å². The molecule has 0 unspecified atom stereocenters. The van der Waals surface area contributed by atoms with Gasteiger partial charge in [0.1, 0.15) is 18.9 Å². The van der Waals surface area contributed by atoms with Crippen molar-refractivity contribution in [2.24, 2.45) is 0 Å². The van der Waals surface area contributed by atoms with Crippen LogP contribution >= 0.6 is 23.2 Å². The molecule has 0 heterocycles. The lowest BCUT2D eigenvalue weighted by atomic mass is 10.1. The molecule has 33 heavy (non-hydrogen) atoms. The van der Waals surface area contributed by atoms with Crippen LogP contribution in [0.5, 0.6) is 5.75 Å². The number of ether oxygens (including phenoxy) is 1. The molecule has 0 aliphatic carbocycles. The molecule has 0 saturated carbocycles. The largest absolute Gasteiger partial charge is 0.491 e. The molecule has 0 bridgehead atoms. The van der Waals surface area contributed by atoms with Gasteiger partial charge < -0.3 is 10.1 Å². The van der Waals surface area contributed by atoms with Gasteiger partial charge in [0.2, 0.25) is 5.91 Å². The van der Waals surface area contributed by atoms with Crippen molar-refractivity contribution in [1.29, 1.82) is 0 Å². The summed E-state index contributed by atoms with van der Waals surface area (Å²) in [6.07, 6.45) is 0. The fourth-order valence-electron chi connectivity index (χ4n) is 3.18. The van der Waals surface area contributed by atoms with Crippen LogP contribution in [0.15, 0.2) is 71.6 Å². The number of rotatable bonds is 9. The van der Waals surface area contributed by atoms with Crippen LogP contribution in [0, 0.1) is 13.8 Å². The lowest BCUT2D eigenvalue weighted by Gasteiger charge is -2.24. The first-order chi connectivity index (χ1) is 15.7. The van der Waals surface area contributed by atoms with E-state index in [4.69, 9.17) is 27.9 Å². The summed E-state index contributed by atoms with van der Waals surface area (Å²) in [4.78, 5) is 12.7. The summed E-state index contributed by atoms with van der Waals surface area (Å²) < 4.78 is 33.3. The van der Waals surface area contributed by atoms with Crippen LogP contribution in [-0.2, 0) is 14.8 Å². The summed E-state index contributed by atoms with van der Waals surface area (Å²) in [6.45, 7) is 3.99. The predicted molar refractivity (Wildman–Crippen MR) is 132 cm³/mol. The van der Waals surface area contributed by atoms with Gasteiger partial charge >= 0.3 is 0 Å². The number of nitrogens with zero attached hydrogens (tertiary/aromatic N) is 1. The van der Waals surface area contributed by atoms with E-state index in [1.807, 2.05) is 32.0 Å². The zero-order chi connectivity index (χ0) is 24.0. The van der Waals surface area contributed by atoms with Gasteiger partial charge in [0.25, 0.3) is 10.0 Å². The zero-order valence-corrected chi connectivity index (χ0v) is 20.5. The Morgan fingerprint density at radius 2 is 1.70 bits per heavy atom. The highest BCUT2D eigenvalue weighted by atomic mass is 35.5. The number of hydrogen-bond acceptors (Lipinski definition) is 4. The molecule has 0 fully saturated rings. The minimum absolute atomic E-state index is 0.0119. The van der Waals surface area contributed by atoms with E-state index in [1.165, 1.54) is 30.3 Å². The van der Waals surface area contributed by atoms with Crippen molar-refractivity contribution in [2.45, 2.75) is 18.7 Å². The van der Waals surface area contributed by atoms with E-state index < -0.39 is 22.5 Å². The molecule has 9 heteroatoms. The molecule has 174 valence electrons. The summed E-state index contributed by atoms with van der Waals surface area (Å²) in [7, 11) is -4.04. The Kier molecular flexibility index (Phi) is 8.24. The molecule has 0 saturated heterocycles. The monoisotopic (exact) mass is 506 g/mol. The smallest absolute Gasteiger partial charge is 0.264 e. The molecule has 1 N–H and O–H groups in total.